The number of amides is 1. The van der Waals surface area contributed by atoms with Crippen molar-refractivity contribution in [1.29, 1.82) is 0 Å². The van der Waals surface area contributed by atoms with E-state index in [1.54, 1.807) is 11.8 Å². The highest BCUT2D eigenvalue weighted by atomic mass is 32.2. The molecule has 3 rings (SSSR count). The number of nitro groups is 1. The second kappa shape index (κ2) is 9.15. The fourth-order valence-electron chi connectivity index (χ4n) is 3.86. The summed E-state index contributed by atoms with van der Waals surface area (Å²) < 4.78 is 25.9. The zero-order valence-electron chi connectivity index (χ0n) is 18.7. The first-order valence-electron chi connectivity index (χ1n) is 10.3. The molecule has 0 N–H and O–H groups in total. The summed E-state index contributed by atoms with van der Waals surface area (Å²) in [6, 6.07) is 10.1. The molecule has 2 aromatic carbocycles. The average Bonchev–Trinajstić information content (AvgIpc) is 2.73. The lowest BCUT2D eigenvalue weighted by Gasteiger charge is -2.38. The maximum Gasteiger partial charge on any atom is 0.271 e. The first-order valence-corrected chi connectivity index (χ1v) is 12.2. The molecule has 172 valence electrons. The second-order valence-electron chi connectivity index (χ2n) is 8.08. The molecule has 2 aromatic rings. The van der Waals surface area contributed by atoms with Gasteiger partial charge in [0.05, 0.1) is 16.9 Å². The number of carbonyl (C=O) groups excluding carboxylic acids is 1. The summed E-state index contributed by atoms with van der Waals surface area (Å²) >= 11 is 0. The molecule has 0 saturated carbocycles. The molecule has 0 spiro atoms. The van der Waals surface area contributed by atoms with E-state index in [2.05, 4.69) is 30.9 Å². The topological polar surface area (TPSA) is 104 Å². The quantitative estimate of drug-likeness (QED) is 0.485. The van der Waals surface area contributed by atoms with Gasteiger partial charge in [-0.1, -0.05) is 18.2 Å². The lowest BCUT2D eigenvalue weighted by Crippen LogP contribution is -2.52. The van der Waals surface area contributed by atoms with Crippen LogP contribution in [0.3, 0.4) is 0 Å². The fraction of sp³-hybridized carbons (Fsp3) is 0.409. The number of nitro benzene ring substituents is 1. The van der Waals surface area contributed by atoms with Crippen molar-refractivity contribution in [2.45, 2.75) is 20.8 Å². The number of aryl methyl sites for hydroxylation is 2. The van der Waals surface area contributed by atoms with Gasteiger partial charge in [-0.25, -0.2) is 8.42 Å². The molecule has 1 aliphatic rings. The first-order chi connectivity index (χ1) is 15.0. The number of sulfonamides is 1. The zero-order chi connectivity index (χ0) is 23.6. The van der Waals surface area contributed by atoms with Gasteiger partial charge in [-0.15, -0.1) is 0 Å². The molecular weight excluding hydrogens is 432 g/mol. The number of hydrogen-bond donors (Lipinski definition) is 0. The van der Waals surface area contributed by atoms with Crippen molar-refractivity contribution < 1.29 is 18.1 Å². The average molecular weight is 461 g/mol. The Labute approximate surface area is 188 Å². The van der Waals surface area contributed by atoms with Crippen molar-refractivity contribution >= 4 is 33.0 Å². The van der Waals surface area contributed by atoms with Crippen molar-refractivity contribution in [1.82, 2.24) is 4.90 Å². The third-order valence-corrected chi connectivity index (χ3v) is 7.03. The number of carbonyl (C=O) groups is 1. The van der Waals surface area contributed by atoms with Crippen LogP contribution in [0.4, 0.5) is 17.1 Å². The summed E-state index contributed by atoms with van der Waals surface area (Å²) in [5, 5.41) is 11.2. The Morgan fingerprint density at radius 1 is 1.06 bits per heavy atom. The third kappa shape index (κ3) is 5.01. The molecule has 1 fully saturated rings. The van der Waals surface area contributed by atoms with E-state index >= 15 is 0 Å². The molecule has 32 heavy (non-hydrogen) atoms. The van der Waals surface area contributed by atoms with Gasteiger partial charge in [-0.2, -0.15) is 0 Å². The van der Waals surface area contributed by atoms with Crippen LogP contribution < -0.4 is 9.21 Å². The smallest absolute Gasteiger partial charge is 0.271 e. The Kier molecular flexibility index (Phi) is 6.73. The van der Waals surface area contributed by atoms with Crippen LogP contribution in [0, 0.1) is 30.9 Å². The summed E-state index contributed by atoms with van der Waals surface area (Å²) in [6.07, 6.45) is 0.997. The van der Waals surface area contributed by atoms with Crippen LogP contribution in [0.15, 0.2) is 36.4 Å². The number of non-ortho nitro benzene ring substituents is 1. The number of rotatable bonds is 6. The van der Waals surface area contributed by atoms with Crippen LogP contribution in [0.1, 0.15) is 16.7 Å². The van der Waals surface area contributed by atoms with Gasteiger partial charge in [0.25, 0.3) is 5.69 Å². The molecule has 0 aliphatic carbocycles. The Hall–Kier alpha value is -3.14. The Bertz CT molecular complexity index is 1140. The lowest BCUT2D eigenvalue weighted by molar-refractivity contribution is -0.384. The minimum atomic E-state index is -3.83. The van der Waals surface area contributed by atoms with Crippen LogP contribution >= 0.6 is 0 Å². The lowest BCUT2D eigenvalue weighted by atomic mass is 10.1. The minimum absolute atomic E-state index is 0.143. The van der Waals surface area contributed by atoms with Crippen molar-refractivity contribution in [3.63, 3.8) is 0 Å². The number of benzene rings is 2. The Morgan fingerprint density at radius 2 is 1.72 bits per heavy atom. The molecule has 10 heteroatoms. The standard InChI is InChI=1S/C22H28N4O5S/c1-16-6-5-7-20(18(16)3)23-10-12-24(13-11-23)22(27)15-25(32(4,30)31)21-14-19(26(28)29)9-8-17(21)2/h5-9,14H,10-13,15H2,1-4H3. The SMILES string of the molecule is Cc1ccc([N+](=O)[O-])cc1N(CC(=O)N1CCN(c2cccc(C)c2C)CC1)S(C)(=O)=O. The normalized spacial score (nSPS) is 14.4. The zero-order valence-corrected chi connectivity index (χ0v) is 19.6. The van der Waals surface area contributed by atoms with Crippen molar-refractivity contribution in [3.05, 3.63) is 63.2 Å². The summed E-state index contributed by atoms with van der Waals surface area (Å²) in [7, 11) is -3.83. The van der Waals surface area contributed by atoms with Crippen LogP contribution in [0.25, 0.3) is 0 Å². The molecule has 1 heterocycles. The predicted molar refractivity (Wildman–Crippen MR) is 125 cm³/mol. The van der Waals surface area contributed by atoms with E-state index in [4.69, 9.17) is 0 Å². The number of anilines is 2. The number of hydrogen-bond acceptors (Lipinski definition) is 6. The summed E-state index contributed by atoms with van der Waals surface area (Å²) in [5.41, 5.74) is 4.00. The molecule has 0 bridgehead atoms. The van der Waals surface area contributed by atoms with Crippen molar-refractivity contribution in [3.8, 4) is 0 Å². The van der Waals surface area contributed by atoms with E-state index < -0.39 is 21.5 Å². The first kappa shape index (κ1) is 23.5. The Balaban J connectivity index is 1.76. The van der Waals surface area contributed by atoms with Gasteiger partial charge in [-0.3, -0.25) is 19.2 Å². The van der Waals surface area contributed by atoms with E-state index in [0.717, 1.165) is 16.2 Å². The molecule has 0 atom stereocenters. The molecule has 1 saturated heterocycles. The van der Waals surface area contributed by atoms with Crippen LogP contribution in [0.5, 0.6) is 0 Å². The van der Waals surface area contributed by atoms with Gasteiger partial charge in [0.15, 0.2) is 0 Å². The van der Waals surface area contributed by atoms with Crippen molar-refractivity contribution in [2.75, 3.05) is 48.2 Å². The van der Waals surface area contributed by atoms with E-state index in [-0.39, 0.29) is 17.3 Å². The maximum atomic E-state index is 13.0. The predicted octanol–water partition coefficient (Wildman–Crippen LogP) is 2.63. The van der Waals surface area contributed by atoms with Crippen LogP contribution in [-0.4, -0.2) is 63.1 Å². The molecular formula is C22H28N4O5S. The van der Waals surface area contributed by atoms with E-state index in [1.165, 1.54) is 29.3 Å². The van der Waals surface area contributed by atoms with E-state index in [9.17, 15) is 23.3 Å². The molecule has 0 unspecified atom stereocenters. The third-order valence-electron chi connectivity index (χ3n) is 5.90. The van der Waals surface area contributed by atoms with Gasteiger partial charge < -0.3 is 9.80 Å². The van der Waals surface area contributed by atoms with E-state index in [0.29, 0.717) is 31.7 Å². The highest BCUT2D eigenvalue weighted by Gasteiger charge is 2.28. The van der Waals surface area contributed by atoms with Gasteiger partial charge in [0.1, 0.15) is 6.54 Å². The van der Waals surface area contributed by atoms with Gasteiger partial charge in [-0.05, 0) is 43.5 Å². The number of piperazine rings is 1. The molecule has 1 aliphatic heterocycles. The van der Waals surface area contributed by atoms with E-state index in [1.807, 2.05) is 6.07 Å². The van der Waals surface area contributed by atoms with Crippen LogP contribution in [0.2, 0.25) is 0 Å². The van der Waals surface area contributed by atoms with Gasteiger partial charge in [0, 0.05) is 44.0 Å². The maximum absolute atomic E-state index is 13.0. The molecule has 0 aromatic heterocycles. The molecule has 0 radical (unpaired) electrons. The summed E-state index contributed by atoms with van der Waals surface area (Å²) in [5.74, 6) is -0.332. The summed E-state index contributed by atoms with van der Waals surface area (Å²) in [6.45, 7) is 7.63. The molecule has 9 nitrogen and oxygen atoms in total. The highest BCUT2D eigenvalue weighted by molar-refractivity contribution is 7.92. The van der Waals surface area contributed by atoms with Gasteiger partial charge >= 0.3 is 0 Å². The highest BCUT2D eigenvalue weighted by Crippen LogP contribution is 2.28. The molecule has 1 amide bonds. The minimum Gasteiger partial charge on any atom is -0.368 e. The van der Waals surface area contributed by atoms with Gasteiger partial charge in [0.2, 0.25) is 15.9 Å². The Morgan fingerprint density at radius 3 is 2.31 bits per heavy atom. The number of nitrogens with zero attached hydrogens (tertiary/aromatic N) is 4. The fourth-order valence-corrected chi connectivity index (χ4v) is 4.76. The van der Waals surface area contributed by atoms with Crippen molar-refractivity contribution in [2.24, 2.45) is 0 Å². The summed E-state index contributed by atoms with van der Waals surface area (Å²) in [4.78, 5) is 27.4. The largest absolute Gasteiger partial charge is 0.368 e. The monoisotopic (exact) mass is 460 g/mol. The van der Waals surface area contributed by atoms with Crippen LogP contribution in [-0.2, 0) is 14.8 Å². The second-order valence-corrected chi connectivity index (χ2v) is 9.99.